The van der Waals surface area contributed by atoms with E-state index < -0.39 is 30.4 Å². The van der Waals surface area contributed by atoms with Crippen molar-refractivity contribution >= 4 is 23.6 Å². The van der Waals surface area contributed by atoms with Crippen LogP contribution in [0, 0.1) is 0 Å². The van der Waals surface area contributed by atoms with Gasteiger partial charge >= 0.3 is 12.0 Å². The summed E-state index contributed by atoms with van der Waals surface area (Å²) in [6.45, 7) is 0. The van der Waals surface area contributed by atoms with E-state index in [9.17, 15) is 14.4 Å². The molecule has 3 amide bonds. The SMILES string of the molecule is NC(=O)CC(NC(=O)Nc1cccnc1)C(=O)O. The van der Waals surface area contributed by atoms with Crippen LogP contribution in [0.2, 0.25) is 0 Å². The zero-order valence-corrected chi connectivity index (χ0v) is 9.29. The first kappa shape index (κ1) is 13.4. The molecule has 1 unspecified atom stereocenters. The number of carboxylic acids is 1. The number of aromatic nitrogens is 1. The molecule has 1 heterocycles. The van der Waals surface area contributed by atoms with Crippen molar-refractivity contribution in [1.29, 1.82) is 0 Å². The fourth-order valence-corrected chi connectivity index (χ4v) is 1.16. The lowest BCUT2D eigenvalue weighted by Gasteiger charge is -2.13. The summed E-state index contributed by atoms with van der Waals surface area (Å²) in [5.74, 6) is -2.15. The summed E-state index contributed by atoms with van der Waals surface area (Å²) in [5, 5.41) is 13.3. The second-order valence-electron chi connectivity index (χ2n) is 3.40. The Labute approximate surface area is 102 Å². The molecule has 1 aromatic heterocycles. The highest BCUT2D eigenvalue weighted by atomic mass is 16.4. The van der Waals surface area contributed by atoms with Gasteiger partial charge in [0.15, 0.2) is 0 Å². The molecule has 0 saturated carbocycles. The van der Waals surface area contributed by atoms with Gasteiger partial charge < -0.3 is 21.5 Å². The molecule has 0 aliphatic rings. The van der Waals surface area contributed by atoms with Crippen LogP contribution < -0.4 is 16.4 Å². The number of primary amides is 1. The molecule has 1 rings (SSSR count). The minimum absolute atomic E-state index is 0.401. The number of carbonyl (C=O) groups excluding carboxylic acids is 2. The molecule has 0 spiro atoms. The topological polar surface area (TPSA) is 134 Å². The van der Waals surface area contributed by atoms with Crippen molar-refractivity contribution in [3.63, 3.8) is 0 Å². The van der Waals surface area contributed by atoms with Crippen LogP contribution >= 0.6 is 0 Å². The number of amides is 3. The number of carbonyl (C=O) groups is 3. The maximum atomic E-state index is 11.4. The van der Waals surface area contributed by atoms with E-state index in [1.165, 1.54) is 12.4 Å². The van der Waals surface area contributed by atoms with Gasteiger partial charge in [-0.3, -0.25) is 9.78 Å². The van der Waals surface area contributed by atoms with E-state index in [1.54, 1.807) is 12.1 Å². The monoisotopic (exact) mass is 252 g/mol. The Morgan fingerprint density at radius 1 is 1.44 bits per heavy atom. The van der Waals surface area contributed by atoms with E-state index in [0.29, 0.717) is 5.69 Å². The fraction of sp³-hybridized carbons (Fsp3) is 0.200. The van der Waals surface area contributed by atoms with Crippen LogP contribution in [-0.4, -0.2) is 34.0 Å². The Kier molecular flexibility index (Phi) is 4.61. The molecule has 0 bridgehead atoms. The van der Waals surface area contributed by atoms with Crippen LogP contribution in [0.25, 0.3) is 0 Å². The zero-order chi connectivity index (χ0) is 13.5. The molecule has 0 radical (unpaired) electrons. The third kappa shape index (κ3) is 4.47. The third-order valence-corrected chi connectivity index (χ3v) is 1.93. The molecule has 1 aromatic rings. The second-order valence-corrected chi connectivity index (χ2v) is 3.40. The molecule has 0 aliphatic heterocycles. The lowest BCUT2D eigenvalue weighted by Crippen LogP contribution is -2.45. The van der Waals surface area contributed by atoms with Crippen molar-refractivity contribution < 1.29 is 19.5 Å². The van der Waals surface area contributed by atoms with Gasteiger partial charge in [0.1, 0.15) is 6.04 Å². The average molecular weight is 252 g/mol. The molecule has 18 heavy (non-hydrogen) atoms. The van der Waals surface area contributed by atoms with Crippen molar-refractivity contribution in [2.75, 3.05) is 5.32 Å². The summed E-state index contributed by atoms with van der Waals surface area (Å²) in [5.41, 5.74) is 5.28. The Morgan fingerprint density at radius 2 is 2.17 bits per heavy atom. The lowest BCUT2D eigenvalue weighted by molar-refractivity contribution is -0.140. The number of hydrogen-bond donors (Lipinski definition) is 4. The first-order chi connectivity index (χ1) is 8.49. The van der Waals surface area contributed by atoms with Gasteiger partial charge in [-0.05, 0) is 12.1 Å². The summed E-state index contributed by atoms with van der Waals surface area (Å²) >= 11 is 0. The highest BCUT2D eigenvalue weighted by molar-refractivity contribution is 5.93. The number of nitrogens with two attached hydrogens (primary N) is 1. The summed E-state index contributed by atoms with van der Waals surface area (Å²) in [6.07, 6.45) is 2.44. The molecule has 8 heteroatoms. The van der Waals surface area contributed by atoms with Crippen molar-refractivity contribution in [1.82, 2.24) is 10.3 Å². The first-order valence-electron chi connectivity index (χ1n) is 4.97. The molecular weight excluding hydrogens is 240 g/mol. The van der Waals surface area contributed by atoms with Crippen LogP contribution in [0.4, 0.5) is 10.5 Å². The second kappa shape index (κ2) is 6.18. The van der Waals surface area contributed by atoms with Gasteiger partial charge in [-0.25, -0.2) is 9.59 Å². The molecule has 96 valence electrons. The smallest absolute Gasteiger partial charge is 0.326 e. The van der Waals surface area contributed by atoms with Gasteiger partial charge in [0, 0.05) is 6.20 Å². The zero-order valence-electron chi connectivity index (χ0n) is 9.29. The van der Waals surface area contributed by atoms with Crippen LogP contribution in [0.1, 0.15) is 6.42 Å². The maximum Gasteiger partial charge on any atom is 0.326 e. The number of rotatable bonds is 5. The van der Waals surface area contributed by atoms with E-state index in [-0.39, 0.29) is 0 Å². The minimum Gasteiger partial charge on any atom is -0.480 e. The number of anilines is 1. The maximum absolute atomic E-state index is 11.4. The largest absolute Gasteiger partial charge is 0.480 e. The minimum atomic E-state index is -1.36. The third-order valence-electron chi connectivity index (χ3n) is 1.93. The van der Waals surface area contributed by atoms with E-state index in [2.05, 4.69) is 15.6 Å². The Balaban J connectivity index is 2.56. The van der Waals surface area contributed by atoms with Crippen LogP contribution in [0.5, 0.6) is 0 Å². The summed E-state index contributed by atoms with van der Waals surface area (Å²) < 4.78 is 0. The van der Waals surface area contributed by atoms with Crippen LogP contribution in [-0.2, 0) is 9.59 Å². The number of nitrogens with zero attached hydrogens (tertiary/aromatic N) is 1. The number of carboxylic acid groups (broad SMARTS) is 1. The molecule has 5 N–H and O–H groups in total. The molecule has 0 aromatic carbocycles. The summed E-state index contributed by atoms with van der Waals surface area (Å²) in [6, 6.07) is 1.07. The van der Waals surface area contributed by atoms with Gasteiger partial charge in [-0.15, -0.1) is 0 Å². The summed E-state index contributed by atoms with van der Waals surface area (Å²) in [4.78, 5) is 36.6. The quantitative estimate of drug-likeness (QED) is 0.562. The molecule has 1 atom stereocenters. The summed E-state index contributed by atoms with van der Waals surface area (Å²) in [7, 11) is 0. The predicted molar refractivity (Wildman–Crippen MR) is 61.6 cm³/mol. The molecule has 0 aliphatic carbocycles. The number of pyridine rings is 1. The predicted octanol–water partition coefficient (Wildman–Crippen LogP) is -0.468. The Morgan fingerprint density at radius 3 is 2.67 bits per heavy atom. The van der Waals surface area contributed by atoms with Gasteiger partial charge in [0.05, 0.1) is 18.3 Å². The van der Waals surface area contributed by atoms with Crippen molar-refractivity contribution in [2.45, 2.75) is 12.5 Å². The van der Waals surface area contributed by atoms with Crippen molar-refractivity contribution in [3.05, 3.63) is 24.5 Å². The van der Waals surface area contributed by atoms with E-state index in [0.717, 1.165) is 0 Å². The Bertz CT molecular complexity index is 448. The van der Waals surface area contributed by atoms with E-state index >= 15 is 0 Å². The van der Waals surface area contributed by atoms with Crippen molar-refractivity contribution in [3.8, 4) is 0 Å². The van der Waals surface area contributed by atoms with Crippen LogP contribution in [0.3, 0.4) is 0 Å². The highest BCUT2D eigenvalue weighted by Crippen LogP contribution is 2.02. The average Bonchev–Trinajstić information content (AvgIpc) is 2.28. The number of hydrogen-bond acceptors (Lipinski definition) is 4. The fourth-order valence-electron chi connectivity index (χ4n) is 1.16. The molecular formula is C10H12N4O4. The molecule has 8 nitrogen and oxygen atoms in total. The van der Waals surface area contributed by atoms with E-state index in [1.807, 2.05) is 0 Å². The first-order valence-corrected chi connectivity index (χ1v) is 4.97. The highest BCUT2D eigenvalue weighted by Gasteiger charge is 2.21. The molecule has 0 fully saturated rings. The number of nitrogens with one attached hydrogen (secondary N) is 2. The lowest BCUT2D eigenvalue weighted by atomic mass is 10.2. The number of aliphatic carboxylic acids is 1. The normalized spacial score (nSPS) is 11.3. The Hall–Kier alpha value is -2.64. The van der Waals surface area contributed by atoms with Gasteiger partial charge in [0.2, 0.25) is 5.91 Å². The van der Waals surface area contributed by atoms with Gasteiger partial charge in [-0.2, -0.15) is 0 Å². The standard InChI is InChI=1S/C10H12N4O4/c11-8(15)4-7(9(16)17)14-10(18)13-6-2-1-3-12-5-6/h1-3,5,7H,4H2,(H2,11,15)(H,16,17)(H2,13,14,18). The van der Waals surface area contributed by atoms with Crippen LogP contribution in [0.15, 0.2) is 24.5 Å². The van der Waals surface area contributed by atoms with E-state index in [4.69, 9.17) is 10.8 Å². The number of urea groups is 1. The van der Waals surface area contributed by atoms with Crippen molar-refractivity contribution in [2.24, 2.45) is 5.73 Å². The van der Waals surface area contributed by atoms with Gasteiger partial charge in [-0.1, -0.05) is 0 Å². The molecule has 0 saturated heterocycles. The van der Waals surface area contributed by atoms with Gasteiger partial charge in [0.25, 0.3) is 0 Å².